The molecule has 1 aliphatic heterocycles. The summed E-state index contributed by atoms with van der Waals surface area (Å²) in [6.45, 7) is 4.12. The van der Waals surface area contributed by atoms with Crippen molar-refractivity contribution in [2.45, 2.75) is 38.6 Å². The number of halogens is 1. The first-order chi connectivity index (χ1) is 13.6. The Bertz CT molecular complexity index is 753. The fourth-order valence-electron chi connectivity index (χ4n) is 3.29. The molecule has 1 heterocycles. The number of rotatable bonds is 6. The maximum Gasteiger partial charge on any atom is 0.191 e. The second kappa shape index (κ2) is 10.2. The Labute approximate surface area is 166 Å². The maximum atomic E-state index is 13.0. The van der Waals surface area contributed by atoms with Crippen LogP contribution in [0.25, 0.3) is 0 Å². The van der Waals surface area contributed by atoms with Gasteiger partial charge in [-0.15, -0.1) is 0 Å². The van der Waals surface area contributed by atoms with E-state index in [1.54, 1.807) is 19.2 Å². The highest BCUT2D eigenvalue weighted by molar-refractivity contribution is 5.79. The topological polar surface area (TPSA) is 59.9 Å². The van der Waals surface area contributed by atoms with E-state index in [2.05, 4.69) is 44.8 Å². The number of aliphatic imine (C=N–C) groups is 1. The molecule has 1 fully saturated rings. The van der Waals surface area contributed by atoms with Crippen LogP contribution in [0.5, 0.6) is 0 Å². The molecule has 0 radical (unpaired) electrons. The van der Waals surface area contributed by atoms with Gasteiger partial charge in [0.2, 0.25) is 0 Å². The van der Waals surface area contributed by atoms with Crippen molar-refractivity contribution in [1.82, 2.24) is 15.5 Å². The van der Waals surface area contributed by atoms with E-state index in [1.165, 1.54) is 23.3 Å². The van der Waals surface area contributed by atoms with Crippen LogP contribution in [-0.4, -0.2) is 42.2 Å². The third-order valence-electron chi connectivity index (χ3n) is 5.04. The molecule has 6 heteroatoms. The zero-order chi connectivity index (χ0) is 19.8. The normalized spacial score (nSPS) is 16.2. The molecular weight excluding hydrogens is 355 g/mol. The van der Waals surface area contributed by atoms with E-state index >= 15 is 0 Å². The molecule has 0 aliphatic carbocycles. The number of hydrogen-bond donors (Lipinski definition) is 3. The largest absolute Gasteiger partial charge is 0.393 e. The lowest BCUT2D eigenvalue weighted by Gasteiger charge is -2.29. The number of nitrogens with one attached hydrogen (secondary N) is 2. The first kappa shape index (κ1) is 20.3. The lowest BCUT2D eigenvalue weighted by molar-refractivity contribution is 0.0792. The van der Waals surface area contributed by atoms with Gasteiger partial charge in [-0.1, -0.05) is 36.4 Å². The molecule has 5 nitrogen and oxygen atoms in total. The monoisotopic (exact) mass is 384 g/mol. The second-order valence-corrected chi connectivity index (χ2v) is 7.23. The van der Waals surface area contributed by atoms with Crippen LogP contribution in [0.2, 0.25) is 0 Å². The molecule has 2 aromatic carbocycles. The van der Waals surface area contributed by atoms with E-state index in [0.29, 0.717) is 19.0 Å². The Kier molecular flexibility index (Phi) is 7.39. The van der Waals surface area contributed by atoms with Crippen molar-refractivity contribution >= 4 is 5.96 Å². The number of aliphatic hydroxyl groups excluding tert-OH is 1. The average molecular weight is 384 g/mol. The lowest BCUT2D eigenvalue weighted by Crippen LogP contribution is -2.36. The molecule has 0 aromatic heterocycles. The van der Waals surface area contributed by atoms with Crippen LogP contribution in [0.3, 0.4) is 0 Å². The summed E-state index contributed by atoms with van der Waals surface area (Å²) >= 11 is 0. The van der Waals surface area contributed by atoms with Crippen molar-refractivity contribution < 1.29 is 9.50 Å². The number of guanidine groups is 1. The molecule has 1 aliphatic rings. The van der Waals surface area contributed by atoms with Gasteiger partial charge in [0.05, 0.1) is 6.10 Å². The number of likely N-dealkylation sites (tertiary alicyclic amines) is 1. The van der Waals surface area contributed by atoms with Crippen molar-refractivity contribution in [1.29, 1.82) is 0 Å². The summed E-state index contributed by atoms with van der Waals surface area (Å²) in [6, 6.07) is 15.0. The predicted octanol–water partition coefficient (Wildman–Crippen LogP) is 2.65. The maximum absolute atomic E-state index is 13.0. The first-order valence-corrected chi connectivity index (χ1v) is 9.79. The fourth-order valence-corrected chi connectivity index (χ4v) is 3.29. The van der Waals surface area contributed by atoms with E-state index in [4.69, 9.17) is 0 Å². The van der Waals surface area contributed by atoms with Crippen LogP contribution in [-0.2, 0) is 19.6 Å². The minimum Gasteiger partial charge on any atom is -0.393 e. The zero-order valence-corrected chi connectivity index (χ0v) is 16.4. The molecule has 0 saturated carbocycles. The molecule has 0 amide bonds. The predicted molar refractivity (Wildman–Crippen MR) is 110 cm³/mol. The number of benzene rings is 2. The summed E-state index contributed by atoms with van der Waals surface area (Å²) in [5.41, 5.74) is 3.47. The smallest absolute Gasteiger partial charge is 0.191 e. The van der Waals surface area contributed by atoms with E-state index < -0.39 is 0 Å². The van der Waals surface area contributed by atoms with Gasteiger partial charge in [0.25, 0.3) is 0 Å². The van der Waals surface area contributed by atoms with Crippen molar-refractivity contribution in [3.05, 3.63) is 71.0 Å². The van der Waals surface area contributed by atoms with Crippen LogP contribution < -0.4 is 10.6 Å². The van der Waals surface area contributed by atoms with Gasteiger partial charge in [-0.25, -0.2) is 4.39 Å². The number of aliphatic hydroxyl groups is 1. The van der Waals surface area contributed by atoms with Gasteiger partial charge in [-0.2, -0.15) is 0 Å². The summed E-state index contributed by atoms with van der Waals surface area (Å²) in [4.78, 5) is 6.62. The lowest BCUT2D eigenvalue weighted by atomic mass is 10.1. The summed E-state index contributed by atoms with van der Waals surface area (Å²) in [6.07, 6.45) is 1.61. The zero-order valence-electron chi connectivity index (χ0n) is 16.4. The Morgan fingerprint density at radius 2 is 1.46 bits per heavy atom. The van der Waals surface area contributed by atoms with E-state index in [0.717, 1.165) is 38.0 Å². The number of hydrogen-bond acceptors (Lipinski definition) is 3. The first-order valence-electron chi connectivity index (χ1n) is 9.79. The van der Waals surface area contributed by atoms with Gasteiger partial charge in [-0.05, 0) is 41.7 Å². The van der Waals surface area contributed by atoms with Crippen LogP contribution in [0.4, 0.5) is 4.39 Å². The molecule has 28 heavy (non-hydrogen) atoms. The van der Waals surface area contributed by atoms with Crippen molar-refractivity contribution in [3.63, 3.8) is 0 Å². The van der Waals surface area contributed by atoms with Crippen molar-refractivity contribution in [3.8, 4) is 0 Å². The van der Waals surface area contributed by atoms with Crippen LogP contribution in [0, 0.1) is 5.82 Å². The second-order valence-electron chi connectivity index (χ2n) is 7.23. The Balaban J connectivity index is 1.43. The molecular formula is C22H29FN4O. The molecule has 0 atom stereocenters. The average Bonchev–Trinajstić information content (AvgIpc) is 2.72. The standard InChI is InChI=1S/C22H29FN4O/c1-24-22(26-15-18-6-8-20(23)9-7-18)25-14-17-2-4-19(5-3-17)16-27-12-10-21(28)11-13-27/h2-9,21,28H,10-16H2,1H3,(H2,24,25,26). The Hall–Kier alpha value is -2.44. The third-order valence-corrected chi connectivity index (χ3v) is 5.04. The highest BCUT2D eigenvalue weighted by atomic mass is 19.1. The fraction of sp³-hybridized carbons (Fsp3) is 0.409. The number of piperidine rings is 1. The molecule has 0 bridgehead atoms. The van der Waals surface area contributed by atoms with Gasteiger partial charge in [0, 0.05) is 39.8 Å². The molecule has 2 aromatic rings. The van der Waals surface area contributed by atoms with Gasteiger partial charge < -0.3 is 15.7 Å². The number of nitrogens with zero attached hydrogens (tertiary/aromatic N) is 2. The van der Waals surface area contributed by atoms with Gasteiger partial charge in [0.1, 0.15) is 5.82 Å². The third kappa shape index (κ3) is 6.32. The molecule has 3 rings (SSSR count). The van der Waals surface area contributed by atoms with Gasteiger partial charge in [0.15, 0.2) is 5.96 Å². The SMILES string of the molecule is CN=C(NCc1ccc(F)cc1)NCc1ccc(CN2CCC(O)CC2)cc1. The summed E-state index contributed by atoms with van der Waals surface area (Å²) in [5.74, 6) is 0.479. The minimum absolute atomic E-state index is 0.129. The molecule has 1 saturated heterocycles. The minimum atomic E-state index is -0.229. The summed E-state index contributed by atoms with van der Waals surface area (Å²) < 4.78 is 13.0. The summed E-state index contributed by atoms with van der Waals surface area (Å²) in [5, 5.41) is 16.1. The molecule has 3 N–H and O–H groups in total. The van der Waals surface area contributed by atoms with Crippen LogP contribution in [0.15, 0.2) is 53.5 Å². The van der Waals surface area contributed by atoms with Crippen LogP contribution in [0.1, 0.15) is 29.5 Å². The van der Waals surface area contributed by atoms with Gasteiger partial charge in [-0.3, -0.25) is 9.89 Å². The molecule has 0 spiro atoms. The van der Waals surface area contributed by atoms with Gasteiger partial charge >= 0.3 is 0 Å². The van der Waals surface area contributed by atoms with E-state index in [9.17, 15) is 9.50 Å². The Morgan fingerprint density at radius 3 is 2.00 bits per heavy atom. The van der Waals surface area contributed by atoms with Crippen LogP contribution >= 0.6 is 0 Å². The Morgan fingerprint density at radius 1 is 0.964 bits per heavy atom. The molecule has 150 valence electrons. The highest BCUT2D eigenvalue weighted by Gasteiger charge is 2.16. The van der Waals surface area contributed by atoms with E-state index in [-0.39, 0.29) is 11.9 Å². The van der Waals surface area contributed by atoms with Crippen molar-refractivity contribution in [2.75, 3.05) is 20.1 Å². The molecule has 0 unspecified atom stereocenters. The van der Waals surface area contributed by atoms with E-state index in [1.807, 2.05) is 0 Å². The van der Waals surface area contributed by atoms with Crippen molar-refractivity contribution in [2.24, 2.45) is 4.99 Å². The quantitative estimate of drug-likeness (QED) is 0.529. The highest BCUT2D eigenvalue weighted by Crippen LogP contribution is 2.14. The summed E-state index contributed by atoms with van der Waals surface area (Å²) in [7, 11) is 1.73.